The first-order valence-corrected chi connectivity index (χ1v) is 2.34. The van der Waals surface area contributed by atoms with E-state index in [0.717, 1.165) is 7.11 Å². The van der Waals surface area contributed by atoms with Crippen LogP contribution in [0.15, 0.2) is 11.5 Å². The molecular formula is C3H7N3OS. The van der Waals surface area contributed by atoms with Crippen molar-refractivity contribution in [3.8, 4) is 0 Å². The van der Waals surface area contributed by atoms with Crippen molar-refractivity contribution in [3.63, 3.8) is 0 Å². The van der Waals surface area contributed by atoms with Gasteiger partial charge in [-0.15, -0.1) is 17.7 Å². The van der Waals surface area contributed by atoms with Crippen molar-refractivity contribution >= 4 is 12.6 Å². The van der Waals surface area contributed by atoms with E-state index in [-0.39, 0.29) is 0 Å². The monoisotopic (exact) mass is 133 g/mol. The average Bonchev–Trinajstić information content (AvgIpc) is 2.24. The van der Waals surface area contributed by atoms with Crippen molar-refractivity contribution in [2.24, 2.45) is 0 Å². The van der Waals surface area contributed by atoms with Crippen molar-refractivity contribution in [2.45, 2.75) is 5.16 Å². The largest absolute Gasteiger partial charge is 0.400 e. The van der Waals surface area contributed by atoms with E-state index in [1.165, 1.54) is 6.33 Å². The van der Waals surface area contributed by atoms with Crippen LogP contribution >= 0.6 is 12.6 Å². The van der Waals surface area contributed by atoms with Gasteiger partial charge in [0, 0.05) is 7.11 Å². The van der Waals surface area contributed by atoms with Crippen LogP contribution in [0.5, 0.6) is 0 Å². The van der Waals surface area contributed by atoms with E-state index in [2.05, 4.69) is 27.8 Å². The molecule has 1 aromatic rings. The van der Waals surface area contributed by atoms with Crippen molar-refractivity contribution in [1.29, 1.82) is 0 Å². The number of hydrogen-bond acceptors (Lipinski definition) is 4. The Morgan fingerprint density at radius 3 is 2.50 bits per heavy atom. The molecule has 0 aliphatic heterocycles. The fourth-order valence-electron chi connectivity index (χ4n) is 0.202. The summed E-state index contributed by atoms with van der Waals surface area (Å²) >= 11 is 3.78. The van der Waals surface area contributed by atoms with Crippen LogP contribution in [0, 0.1) is 0 Å². The van der Waals surface area contributed by atoms with Gasteiger partial charge >= 0.3 is 0 Å². The lowest BCUT2D eigenvalue weighted by Crippen LogP contribution is -1.62. The van der Waals surface area contributed by atoms with Crippen molar-refractivity contribution in [3.05, 3.63) is 6.33 Å². The number of rotatable bonds is 0. The maximum absolute atomic E-state index is 7.00. The standard InChI is InChI=1S/C2H3N3S.CH4O/c6-2-3-1-4-5-2;1-2/h1H,(H2,3,4,5,6);2H,1H3. The fourth-order valence-corrected chi connectivity index (χ4v) is 0.318. The Hall–Kier alpha value is -0.550. The molecule has 2 N–H and O–H groups in total. The highest BCUT2D eigenvalue weighted by Gasteiger charge is 1.77. The van der Waals surface area contributed by atoms with Crippen LogP contribution in [0.1, 0.15) is 0 Å². The predicted octanol–water partition coefficient (Wildman–Crippen LogP) is -0.298. The van der Waals surface area contributed by atoms with Gasteiger partial charge in [-0.2, -0.15) is 0 Å². The second kappa shape index (κ2) is 4.61. The Morgan fingerprint density at radius 2 is 2.38 bits per heavy atom. The van der Waals surface area contributed by atoms with Gasteiger partial charge in [0.1, 0.15) is 6.33 Å². The lowest BCUT2D eigenvalue weighted by atomic mass is 11.3. The zero-order valence-electron chi connectivity index (χ0n) is 4.37. The van der Waals surface area contributed by atoms with Crippen LogP contribution in [0.25, 0.3) is 0 Å². The van der Waals surface area contributed by atoms with Gasteiger partial charge in [-0.05, 0) is 0 Å². The molecule has 0 amide bonds. The maximum Gasteiger partial charge on any atom is 0.205 e. The SMILES string of the molecule is CO.Sc1nc[nH]n1. The van der Waals surface area contributed by atoms with Gasteiger partial charge in [-0.25, -0.2) is 4.98 Å². The van der Waals surface area contributed by atoms with E-state index in [4.69, 9.17) is 5.11 Å². The van der Waals surface area contributed by atoms with Gasteiger partial charge in [-0.3, -0.25) is 5.10 Å². The zero-order chi connectivity index (χ0) is 6.41. The molecule has 1 heterocycles. The summed E-state index contributed by atoms with van der Waals surface area (Å²) in [7, 11) is 1.00. The van der Waals surface area contributed by atoms with E-state index >= 15 is 0 Å². The molecule has 4 nitrogen and oxygen atoms in total. The number of aliphatic hydroxyl groups excluding tert-OH is 1. The second-order valence-corrected chi connectivity index (χ2v) is 1.20. The summed E-state index contributed by atoms with van der Waals surface area (Å²) in [5.74, 6) is 0. The van der Waals surface area contributed by atoms with Crippen LogP contribution in [0.4, 0.5) is 0 Å². The highest BCUT2D eigenvalue weighted by Crippen LogP contribution is 1.86. The summed E-state index contributed by atoms with van der Waals surface area (Å²) in [6, 6.07) is 0. The number of nitrogens with zero attached hydrogens (tertiary/aromatic N) is 2. The Bertz CT molecular complexity index is 118. The van der Waals surface area contributed by atoms with Crippen molar-refractivity contribution < 1.29 is 5.11 Å². The minimum absolute atomic E-state index is 0.481. The second-order valence-electron chi connectivity index (χ2n) is 0.799. The smallest absolute Gasteiger partial charge is 0.205 e. The van der Waals surface area contributed by atoms with Gasteiger partial charge in [0.15, 0.2) is 0 Å². The molecule has 0 aliphatic rings. The summed E-state index contributed by atoms with van der Waals surface area (Å²) in [4.78, 5) is 3.61. The molecule has 0 aromatic carbocycles. The molecule has 1 rings (SSSR count). The van der Waals surface area contributed by atoms with Crippen molar-refractivity contribution in [1.82, 2.24) is 15.2 Å². The normalized spacial score (nSPS) is 7.38. The van der Waals surface area contributed by atoms with E-state index < -0.39 is 0 Å². The van der Waals surface area contributed by atoms with Gasteiger partial charge in [0.05, 0.1) is 0 Å². The fraction of sp³-hybridized carbons (Fsp3) is 0.333. The number of aromatic amines is 1. The van der Waals surface area contributed by atoms with Gasteiger partial charge < -0.3 is 5.11 Å². The molecule has 0 saturated heterocycles. The molecule has 1 aromatic heterocycles. The third-order valence-corrected chi connectivity index (χ3v) is 0.618. The Labute approximate surface area is 52.4 Å². The van der Waals surface area contributed by atoms with Gasteiger partial charge in [0.2, 0.25) is 5.16 Å². The van der Waals surface area contributed by atoms with Crippen LogP contribution in [0.2, 0.25) is 0 Å². The molecule has 0 saturated carbocycles. The summed E-state index contributed by atoms with van der Waals surface area (Å²) in [5, 5.41) is 13.5. The molecular weight excluding hydrogens is 126 g/mol. The summed E-state index contributed by atoms with van der Waals surface area (Å²) in [5.41, 5.74) is 0. The third kappa shape index (κ3) is 2.59. The Balaban J connectivity index is 0.000000222. The van der Waals surface area contributed by atoms with Gasteiger partial charge in [0.25, 0.3) is 0 Å². The van der Waals surface area contributed by atoms with Crippen LogP contribution in [0.3, 0.4) is 0 Å². The minimum Gasteiger partial charge on any atom is -0.400 e. The molecule has 0 aliphatic carbocycles. The predicted molar refractivity (Wildman–Crippen MR) is 31.8 cm³/mol. The molecule has 8 heavy (non-hydrogen) atoms. The molecule has 46 valence electrons. The number of thiol groups is 1. The first-order chi connectivity index (χ1) is 3.89. The molecule has 5 heteroatoms. The highest BCUT2D eigenvalue weighted by atomic mass is 32.1. The topological polar surface area (TPSA) is 61.8 Å². The average molecular weight is 133 g/mol. The Kier molecular flexibility index (Phi) is 4.29. The lowest BCUT2D eigenvalue weighted by molar-refractivity contribution is 0.399. The molecule has 0 bridgehead atoms. The lowest BCUT2D eigenvalue weighted by Gasteiger charge is -1.62. The summed E-state index contributed by atoms with van der Waals surface area (Å²) < 4.78 is 0. The molecule has 0 atom stereocenters. The van der Waals surface area contributed by atoms with Crippen LogP contribution in [-0.2, 0) is 0 Å². The Morgan fingerprint density at radius 1 is 1.75 bits per heavy atom. The molecule has 0 spiro atoms. The number of aliphatic hydroxyl groups is 1. The molecule has 0 fully saturated rings. The quantitative estimate of drug-likeness (QED) is 0.426. The van der Waals surface area contributed by atoms with Crippen LogP contribution < -0.4 is 0 Å². The van der Waals surface area contributed by atoms with E-state index in [1.54, 1.807) is 0 Å². The van der Waals surface area contributed by atoms with E-state index in [0.29, 0.717) is 5.16 Å². The minimum atomic E-state index is 0.481. The first kappa shape index (κ1) is 7.45. The highest BCUT2D eigenvalue weighted by molar-refractivity contribution is 7.80. The zero-order valence-corrected chi connectivity index (χ0v) is 5.26. The summed E-state index contributed by atoms with van der Waals surface area (Å²) in [6.45, 7) is 0. The number of H-pyrrole nitrogens is 1. The van der Waals surface area contributed by atoms with E-state index in [1.807, 2.05) is 0 Å². The van der Waals surface area contributed by atoms with Crippen molar-refractivity contribution in [2.75, 3.05) is 7.11 Å². The van der Waals surface area contributed by atoms with Crippen LogP contribution in [-0.4, -0.2) is 27.4 Å². The van der Waals surface area contributed by atoms with E-state index in [9.17, 15) is 0 Å². The number of hydrogen-bond donors (Lipinski definition) is 3. The number of nitrogens with one attached hydrogen (secondary N) is 1. The molecule has 0 unspecified atom stereocenters. The third-order valence-electron chi connectivity index (χ3n) is 0.402. The van der Waals surface area contributed by atoms with Gasteiger partial charge in [-0.1, -0.05) is 0 Å². The number of aromatic nitrogens is 3. The first-order valence-electron chi connectivity index (χ1n) is 1.89. The molecule has 0 radical (unpaired) electrons. The summed E-state index contributed by atoms with van der Waals surface area (Å²) in [6.07, 6.45) is 1.47. The maximum atomic E-state index is 7.00.